The molecule has 3 rings (SSSR count). The van der Waals surface area contributed by atoms with Crippen molar-refractivity contribution in [1.29, 1.82) is 5.53 Å². The van der Waals surface area contributed by atoms with Crippen LogP contribution in [-0.4, -0.2) is 43.2 Å². The summed E-state index contributed by atoms with van der Waals surface area (Å²) in [6.07, 6.45) is 5.57. The van der Waals surface area contributed by atoms with Crippen LogP contribution in [0, 0.1) is 17.4 Å². The van der Waals surface area contributed by atoms with Gasteiger partial charge in [0.2, 0.25) is 5.88 Å². The van der Waals surface area contributed by atoms with Crippen LogP contribution < -0.4 is 15.0 Å². The molecule has 1 unspecified atom stereocenters. The van der Waals surface area contributed by atoms with E-state index in [0.29, 0.717) is 36.6 Å². The fourth-order valence-corrected chi connectivity index (χ4v) is 3.46. The molecule has 2 heterocycles. The van der Waals surface area contributed by atoms with Gasteiger partial charge in [-0.3, -0.25) is 4.79 Å². The minimum atomic E-state index is -0.228. The highest BCUT2D eigenvalue weighted by molar-refractivity contribution is 5.93. The van der Waals surface area contributed by atoms with Crippen molar-refractivity contribution < 1.29 is 9.53 Å². The molecule has 1 aliphatic heterocycles. The van der Waals surface area contributed by atoms with E-state index >= 15 is 0 Å². The largest absolute Gasteiger partial charge is 0.476 e. The van der Waals surface area contributed by atoms with Gasteiger partial charge in [-0.05, 0) is 56.1 Å². The van der Waals surface area contributed by atoms with Gasteiger partial charge in [0.15, 0.2) is 0 Å². The number of ether oxygens (including phenoxy) is 1. The Hall–Kier alpha value is -2.18. The van der Waals surface area contributed by atoms with E-state index in [4.69, 9.17) is 10.3 Å². The van der Waals surface area contributed by atoms with Crippen LogP contribution in [0.2, 0.25) is 0 Å². The third kappa shape index (κ3) is 5.65. The molecular weight excluding hydrogens is 342 g/mol. The van der Waals surface area contributed by atoms with Gasteiger partial charge in [0, 0.05) is 13.1 Å². The Kier molecular flexibility index (Phi) is 6.63. The Bertz CT molecular complexity index is 654. The van der Waals surface area contributed by atoms with Gasteiger partial charge in [0.25, 0.3) is 5.91 Å². The highest BCUT2D eigenvalue weighted by atomic mass is 16.5. The second-order valence-electron chi connectivity index (χ2n) is 8.11. The molecule has 0 spiro atoms. The SMILES string of the molecule is CC(C)CC(CN=N)NC(=O)c1ccc(N2CCCC2)c(OCC2CC2)n1. The molecule has 1 atom stereocenters. The highest BCUT2D eigenvalue weighted by Crippen LogP contribution is 2.33. The van der Waals surface area contributed by atoms with Gasteiger partial charge in [0.05, 0.1) is 24.9 Å². The maximum atomic E-state index is 12.7. The Balaban J connectivity index is 1.73. The summed E-state index contributed by atoms with van der Waals surface area (Å²) < 4.78 is 6.00. The normalized spacial score (nSPS) is 17.8. The predicted molar refractivity (Wildman–Crippen MR) is 105 cm³/mol. The Labute approximate surface area is 161 Å². The number of hydrogen-bond acceptors (Lipinski definition) is 6. The quantitative estimate of drug-likeness (QED) is 0.613. The van der Waals surface area contributed by atoms with Crippen LogP contribution in [0.15, 0.2) is 17.2 Å². The number of nitrogens with zero attached hydrogens (tertiary/aromatic N) is 3. The average Bonchev–Trinajstić information content (AvgIpc) is 3.31. The van der Waals surface area contributed by atoms with Crippen LogP contribution in [0.5, 0.6) is 5.88 Å². The zero-order valence-corrected chi connectivity index (χ0v) is 16.4. The first-order valence-corrected chi connectivity index (χ1v) is 10.1. The predicted octanol–water partition coefficient (Wildman–Crippen LogP) is 3.65. The Morgan fingerprint density at radius 2 is 2.11 bits per heavy atom. The summed E-state index contributed by atoms with van der Waals surface area (Å²) in [6.45, 7) is 7.17. The molecule has 0 aromatic carbocycles. The van der Waals surface area contributed by atoms with Crippen LogP contribution in [0.1, 0.15) is 56.4 Å². The number of carbonyl (C=O) groups is 1. The summed E-state index contributed by atoms with van der Waals surface area (Å²) in [6, 6.07) is 3.59. The maximum absolute atomic E-state index is 12.7. The van der Waals surface area contributed by atoms with E-state index in [0.717, 1.165) is 25.2 Å². The second kappa shape index (κ2) is 9.15. The van der Waals surface area contributed by atoms with E-state index in [1.54, 1.807) is 6.07 Å². The number of pyridine rings is 1. The van der Waals surface area contributed by atoms with Gasteiger partial charge in [-0.1, -0.05) is 13.8 Å². The lowest BCUT2D eigenvalue weighted by atomic mass is 10.0. The minimum Gasteiger partial charge on any atom is -0.476 e. The van der Waals surface area contributed by atoms with Crippen molar-refractivity contribution in [2.24, 2.45) is 17.0 Å². The molecule has 2 fully saturated rings. The van der Waals surface area contributed by atoms with Crippen molar-refractivity contribution in [2.75, 3.05) is 31.1 Å². The molecule has 1 aromatic heterocycles. The zero-order valence-electron chi connectivity index (χ0n) is 16.4. The monoisotopic (exact) mass is 373 g/mol. The molecule has 1 amide bonds. The number of carbonyl (C=O) groups excluding carboxylic acids is 1. The highest BCUT2D eigenvalue weighted by Gasteiger charge is 2.25. The number of hydrogen-bond donors (Lipinski definition) is 2. The first-order valence-electron chi connectivity index (χ1n) is 10.1. The number of nitrogens with one attached hydrogen (secondary N) is 2. The van der Waals surface area contributed by atoms with Crippen LogP contribution in [0.25, 0.3) is 0 Å². The lowest BCUT2D eigenvalue weighted by molar-refractivity contribution is 0.0927. The van der Waals surface area contributed by atoms with E-state index in [-0.39, 0.29) is 11.9 Å². The second-order valence-corrected chi connectivity index (χ2v) is 8.11. The summed E-state index contributed by atoms with van der Waals surface area (Å²) in [7, 11) is 0. The summed E-state index contributed by atoms with van der Waals surface area (Å²) in [5.41, 5.74) is 8.47. The van der Waals surface area contributed by atoms with Crippen LogP contribution in [-0.2, 0) is 0 Å². The molecule has 1 aromatic rings. The van der Waals surface area contributed by atoms with Crippen LogP contribution in [0.3, 0.4) is 0 Å². The Morgan fingerprint density at radius 1 is 1.37 bits per heavy atom. The number of anilines is 1. The lowest BCUT2D eigenvalue weighted by Crippen LogP contribution is -2.38. The standard InChI is InChI=1S/C20H31N5O2/c1-14(2)11-16(12-22-21)23-19(26)17-7-8-18(25-9-3-4-10-25)20(24-17)27-13-15-5-6-15/h7-8,14-16,21H,3-6,9-13H2,1-2H3,(H,23,26). The molecule has 1 aliphatic carbocycles. The van der Waals surface area contributed by atoms with E-state index < -0.39 is 0 Å². The van der Waals surface area contributed by atoms with Gasteiger partial charge < -0.3 is 15.0 Å². The van der Waals surface area contributed by atoms with Gasteiger partial charge in [-0.25, -0.2) is 10.5 Å². The topological polar surface area (TPSA) is 90.7 Å². The molecule has 2 N–H and O–H groups in total. The molecule has 148 valence electrons. The van der Waals surface area contributed by atoms with E-state index in [9.17, 15) is 4.79 Å². The zero-order chi connectivity index (χ0) is 19.2. The summed E-state index contributed by atoms with van der Waals surface area (Å²) in [5.74, 6) is 1.39. The van der Waals surface area contributed by atoms with Crippen LogP contribution in [0.4, 0.5) is 5.69 Å². The molecule has 27 heavy (non-hydrogen) atoms. The first kappa shape index (κ1) is 19.6. The van der Waals surface area contributed by atoms with Gasteiger partial charge in [-0.2, -0.15) is 5.11 Å². The average molecular weight is 374 g/mol. The minimum absolute atomic E-state index is 0.147. The van der Waals surface area contributed by atoms with Gasteiger partial charge in [0.1, 0.15) is 5.69 Å². The molecule has 1 saturated carbocycles. The summed E-state index contributed by atoms with van der Waals surface area (Å²) in [5, 5.41) is 6.43. The molecule has 2 aliphatic rings. The summed E-state index contributed by atoms with van der Waals surface area (Å²) >= 11 is 0. The third-order valence-electron chi connectivity index (χ3n) is 5.08. The van der Waals surface area contributed by atoms with Gasteiger partial charge in [-0.15, -0.1) is 0 Å². The third-order valence-corrected chi connectivity index (χ3v) is 5.08. The van der Waals surface area contributed by atoms with E-state index in [1.807, 2.05) is 6.07 Å². The van der Waals surface area contributed by atoms with Crippen molar-refractivity contribution in [3.63, 3.8) is 0 Å². The fourth-order valence-electron chi connectivity index (χ4n) is 3.46. The fraction of sp³-hybridized carbons (Fsp3) is 0.700. The van der Waals surface area contributed by atoms with Crippen molar-refractivity contribution in [1.82, 2.24) is 10.3 Å². The van der Waals surface area contributed by atoms with Crippen molar-refractivity contribution in [3.05, 3.63) is 17.8 Å². The molecule has 7 nitrogen and oxygen atoms in total. The van der Waals surface area contributed by atoms with Crippen molar-refractivity contribution in [2.45, 2.75) is 52.0 Å². The Morgan fingerprint density at radius 3 is 2.74 bits per heavy atom. The maximum Gasteiger partial charge on any atom is 0.270 e. The van der Waals surface area contributed by atoms with Gasteiger partial charge >= 0.3 is 0 Å². The molecule has 0 bridgehead atoms. The lowest BCUT2D eigenvalue weighted by Gasteiger charge is -2.22. The molecule has 7 heteroatoms. The van der Waals surface area contributed by atoms with E-state index in [2.05, 4.69) is 34.2 Å². The number of amides is 1. The van der Waals surface area contributed by atoms with Crippen LogP contribution >= 0.6 is 0 Å². The molecular formula is C20H31N5O2. The van der Waals surface area contributed by atoms with Crippen molar-refractivity contribution >= 4 is 11.6 Å². The number of rotatable bonds is 10. The smallest absolute Gasteiger partial charge is 0.270 e. The summed E-state index contributed by atoms with van der Waals surface area (Å²) in [4.78, 5) is 19.5. The molecule has 0 radical (unpaired) electrons. The molecule has 1 saturated heterocycles. The van der Waals surface area contributed by atoms with Crippen molar-refractivity contribution in [3.8, 4) is 5.88 Å². The van der Waals surface area contributed by atoms with E-state index in [1.165, 1.54) is 25.7 Å². The first-order chi connectivity index (χ1) is 13.1. The number of aromatic nitrogens is 1.